The van der Waals surface area contributed by atoms with Crippen molar-refractivity contribution in [2.24, 2.45) is 0 Å². The van der Waals surface area contributed by atoms with Crippen molar-refractivity contribution in [1.82, 2.24) is 10.6 Å². The van der Waals surface area contributed by atoms with Crippen molar-refractivity contribution in [2.45, 2.75) is 31.7 Å². The molecule has 1 aliphatic rings. The number of esters is 1. The smallest absolute Gasteiger partial charge is 0.338 e. The Bertz CT molecular complexity index is 891. The maximum absolute atomic E-state index is 12.2. The molecule has 1 fully saturated rings. The van der Waals surface area contributed by atoms with Crippen molar-refractivity contribution in [3.8, 4) is 0 Å². The van der Waals surface area contributed by atoms with Gasteiger partial charge in [-0.2, -0.15) is 0 Å². The molecule has 0 unspecified atom stereocenters. The molecule has 1 aliphatic carbocycles. The fourth-order valence-corrected chi connectivity index (χ4v) is 3.61. The number of carbonyl (C=O) groups is 4. The Hall–Kier alpha value is -3.20. The maximum atomic E-state index is 12.2. The van der Waals surface area contributed by atoms with Crippen molar-refractivity contribution < 1.29 is 23.9 Å². The molecule has 3 N–H and O–H groups in total. The Labute approximate surface area is 171 Å². The van der Waals surface area contributed by atoms with E-state index in [1.165, 1.54) is 23.5 Å². The molecule has 9 heteroatoms. The van der Waals surface area contributed by atoms with E-state index in [4.69, 9.17) is 4.74 Å². The van der Waals surface area contributed by atoms with Gasteiger partial charge in [0.15, 0.2) is 6.61 Å². The van der Waals surface area contributed by atoms with Crippen molar-refractivity contribution >= 4 is 40.8 Å². The summed E-state index contributed by atoms with van der Waals surface area (Å²) in [6.07, 6.45) is 3.92. The molecule has 1 saturated carbocycles. The summed E-state index contributed by atoms with van der Waals surface area (Å²) in [5, 5.41) is 9.35. The van der Waals surface area contributed by atoms with Crippen LogP contribution in [0.2, 0.25) is 0 Å². The van der Waals surface area contributed by atoms with Gasteiger partial charge < -0.3 is 15.4 Å². The highest BCUT2D eigenvalue weighted by molar-refractivity contribution is 7.12. The molecule has 0 atom stereocenters. The summed E-state index contributed by atoms with van der Waals surface area (Å²) >= 11 is 1.31. The fourth-order valence-electron chi connectivity index (χ4n) is 2.99. The van der Waals surface area contributed by atoms with Crippen LogP contribution in [-0.4, -0.2) is 36.5 Å². The lowest BCUT2D eigenvalue weighted by atomic mass is 10.2. The SMILES string of the molecule is O=C(COC(=O)c1cccc(NC(=O)c2cccs2)c1)NC(=O)NC1CCCC1. The van der Waals surface area contributed by atoms with Gasteiger partial charge in [-0.3, -0.25) is 14.9 Å². The number of imide groups is 1. The van der Waals surface area contributed by atoms with Crippen LogP contribution in [0.25, 0.3) is 0 Å². The summed E-state index contributed by atoms with van der Waals surface area (Å²) in [4.78, 5) is 48.4. The van der Waals surface area contributed by atoms with Crippen LogP contribution < -0.4 is 16.0 Å². The number of nitrogens with one attached hydrogen (secondary N) is 3. The van der Waals surface area contributed by atoms with Crippen LogP contribution in [0.1, 0.15) is 45.7 Å². The average Bonchev–Trinajstić information content (AvgIpc) is 3.40. The number of hydrogen-bond acceptors (Lipinski definition) is 6. The number of rotatable bonds is 6. The third kappa shape index (κ3) is 6.15. The number of ether oxygens (including phenoxy) is 1. The van der Waals surface area contributed by atoms with E-state index in [0.717, 1.165) is 25.7 Å². The van der Waals surface area contributed by atoms with Gasteiger partial charge >= 0.3 is 12.0 Å². The summed E-state index contributed by atoms with van der Waals surface area (Å²) in [7, 11) is 0. The van der Waals surface area contributed by atoms with Gasteiger partial charge in [-0.05, 0) is 42.5 Å². The molecular formula is C20H21N3O5S. The molecule has 152 valence electrons. The second kappa shape index (κ2) is 9.83. The first-order chi connectivity index (χ1) is 14.0. The summed E-state index contributed by atoms with van der Waals surface area (Å²) in [6, 6.07) is 9.16. The minimum Gasteiger partial charge on any atom is -0.452 e. The zero-order valence-electron chi connectivity index (χ0n) is 15.6. The highest BCUT2D eigenvalue weighted by Gasteiger charge is 2.19. The third-order valence-corrected chi connectivity index (χ3v) is 5.25. The number of carbonyl (C=O) groups excluding carboxylic acids is 4. The normalized spacial score (nSPS) is 13.5. The molecule has 0 saturated heterocycles. The van der Waals surface area contributed by atoms with Gasteiger partial charge in [0, 0.05) is 11.7 Å². The van der Waals surface area contributed by atoms with Crippen LogP contribution in [0, 0.1) is 0 Å². The molecule has 4 amide bonds. The Morgan fingerprint density at radius 3 is 2.59 bits per heavy atom. The number of benzene rings is 1. The Kier molecular flexibility index (Phi) is 6.96. The van der Waals surface area contributed by atoms with Gasteiger partial charge in [0.1, 0.15) is 0 Å². The molecule has 0 aliphatic heterocycles. The molecule has 3 rings (SSSR count). The largest absolute Gasteiger partial charge is 0.452 e. The average molecular weight is 415 g/mol. The number of amides is 4. The highest BCUT2D eigenvalue weighted by atomic mass is 32.1. The second-order valence-electron chi connectivity index (χ2n) is 6.59. The van der Waals surface area contributed by atoms with Crippen LogP contribution in [-0.2, 0) is 9.53 Å². The number of anilines is 1. The molecule has 0 radical (unpaired) electrons. The van der Waals surface area contributed by atoms with Gasteiger partial charge in [-0.1, -0.05) is 25.0 Å². The van der Waals surface area contributed by atoms with E-state index in [1.54, 1.807) is 29.6 Å². The molecule has 2 aromatic rings. The number of thiophene rings is 1. The van der Waals surface area contributed by atoms with Crippen molar-refractivity contribution in [3.05, 3.63) is 52.2 Å². The lowest BCUT2D eigenvalue weighted by molar-refractivity contribution is -0.123. The summed E-state index contributed by atoms with van der Waals surface area (Å²) in [6.45, 7) is -0.581. The van der Waals surface area contributed by atoms with E-state index in [-0.39, 0.29) is 17.5 Å². The lowest BCUT2D eigenvalue weighted by Crippen LogP contribution is -2.44. The quantitative estimate of drug-likeness (QED) is 0.628. The fraction of sp³-hybridized carbons (Fsp3) is 0.300. The molecular weight excluding hydrogens is 394 g/mol. The first kappa shape index (κ1) is 20.5. The van der Waals surface area contributed by atoms with E-state index in [1.807, 2.05) is 0 Å². The van der Waals surface area contributed by atoms with Crippen LogP contribution in [0.3, 0.4) is 0 Å². The first-order valence-electron chi connectivity index (χ1n) is 9.23. The van der Waals surface area contributed by atoms with E-state index < -0.39 is 24.5 Å². The zero-order valence-corrected chi connectivity index (χ0v) is 16.4. The van der Waals surface area contributed by atoms with Crippen LogP contribution in [0.4, 0.5) is 10.5 Å². The molecule has 0 spiro atoms. The van der Waals surface area contributed by atoms with E-state index >= 15 is 0 Å². The van der Waals surface area contributed by atoms with Crippen LogP contribution >= 0.6 is 11.3 Å². The highest BCUT2D eigenvalue weighted by Crippen LogP contribution is 2.17. The summed E-state index contributed by atoms with van der Waals surface area (Å²) in [5.41, 5.74) is 0.607. The van der Waals surface area contributed by atoms with Gasteiger partial charge in [-0.25, -0.2) is 9.59 Å². The van der Waals surface area contributed by atoms with Gasteiger partial charge in [0.2, 0.25) is 0 Å². The maximum Gasteiger partial charge on any atom is 0.338 e. The van der Waals surface area contributed by atoms with Gasteiger partial charge in [0.05, 0.1) is 10.4 Å². The van der Waals surface area contributed by atoms with Gasteiger partial charge in [0.25, 0.3) is 11.8 Å². The van der Waals surface area contributed by atoms with Gasteiger partial charge in [-0.15, -0.1) is 11.3 Å². The monoisotopic (exact) mass is 415 g/mol. The zero-order chi connectivity index (χ0) is 20.6. The Morgan fingerprint density at radius 1 is 1.07 bits per heavy atom. The molecule has 0 bridgehead atoms. The minimum absolute atomic E-state index is 0.0810. The van der Waals surface area contributed by atoms with Crippen LogP contribution in [0.15, 0.2) is 41.8 Å². The standard InChI is InChI=1S/C20H21N3O5S/c24-17(23-20(27)22-14-6-1-2-7-14)12-28-19(26)13-5-3-8-15(11-13)21-18(25)16-9-4-10-29-16/h3-5,8-11,14H,1-2,6-7,12H2,(H,21,25)(H2,22,23,24,27). The topological polar surface area (TPSA) is 114 Å². The summed E-state index contributed by atoms with van der Waals surface area (Å²) < 4.78 is 4.95. The Balaban J connectivity index is 1.46. The van der Waals surface area contributed by atoms with Crippen LogP contribution in [0.5, 0.6) is 0 Å². The third-order valence-electron chi connectivity index (χ3n) is 4.38. The second-order valence-corrected chi connectivity index (χ2v) is 7.54. The van der Waals surface area contributed by atoms with Crippen molar-refractivity contribution in [1.29, 1.82) is 0 Å². The predicted molar refractivity (Wildman–Crippen MR) is 108 cm³/mol. The van der Waals surface area contributed by atoms with Crippen molar-refractivity contribution in [2.75, 3.05) is 11.9 Å². The van der Waals surface area contributed by atoms with Crippen molar-refractivity contribution in [3.63, 3.8) is 0 Å². The minimum atomic E-state index is -0.733. The number of urea groups is 1. The molecule has 1 aromatic heterocycles. The number of hydrogen-bond donors (Lipinski definition) is 3. The molecule has 8 nitrogen and oxygen atoms in total. The van der Waals surface area contributed by atoms with E-state index in [9.17, 15) is 19.2 Å². The van der Waals surface area contributed by atoms with E-state index in [2.05, 4.69) is 16.0 Å². The molecule has 1 heterocycles. The Morgan fingerprint density at radius 2 is 1.86 bits per heavy atom. The predicted octanol–water partition coefficient (Wildman–Crippen LogP) is 2.93. The van der Waals surface area contributed by atoms with E-state index in [0.29, 0.717) is 10.6 Å². The molecule has 29 heavy (non-hydrogen) atoms. The first-order valence-corrected chi connectivity index (χ1v) is 10.1. The summed E-state index contributed by atoms with van der Waals surface area (Å²) in [5.74, 6) is -1.72. The lowest BCUT2D eigenvalue weighted by Gasteiger charge is -2.12. The molecule has 1 aromatic carbocycles.